The average molecular weight is 319 g/mol. The molecule has 14 heavy (non-hydrogen) atoms. The maximum Gasteiger partial charge on any atom is 0.187 e. The lowest BCUT2D eigenvalue weighted by Crippen LogP contribution is -3.00. The van der Waals surface area contributed by atoms with Crippen molar-refractivity contribution in [3.8, 4) is 11.3 Å². The van der Waals surface area contributed by atoms with E-state index in [2.05, 4.69) is 26.3 Å². The van der Waals surface area contributed by atoms with Crippen LogP contribution in [-0.2, 0) is 7.05 Å². The molecule has 0 atom stereocenters. The maximum absolute atomic E-state index is 4.21. The van der Waals surface area contributed by atoms with Gasteiger partial charge in [0, 0.05) is 13.0 Å². The highest BCUT2D eigenvalue weighted by molar-refractivity contribution is 6.99. The summed E-state index contributed by atoms with van der Waals surface area (Å²) in [7, 11) is 2.03. The van der Waals surface area contributed by atoms with Crippen LogP contribution in [0.4, 0.5) is 0 Å². The van der Waals surface area contributed by atoms with Gasteiger partial charge in [0.1, 0.15) is 12.7 Å². The molecule has 0 saturated carbocycles. The fourth-order valence-corrected chi connectivity index (χ4v) is 1.67. The summed E-state index contributed by atoms with van der Waals surface area (Å²) in [5.41, 5.74) is 3.31. The molecule has 0 saturated heterocycles. The molecule has 2 aromatic heterocycles. The number of aromatic nitrogens is 3. The second-order valence-electron chi connectivity index (χ2n) is 2.91. The Kier molecular flexibility index (Phi) is 3.94. The summed E-state index contributed by atoms with van der Waals surface area (Å²) in [4.78, 5) is 0. The first kappa shape index (κ1) is 11.5. The Bertz CT molecular complexity index is 414. The SMILES string of the molecule is Cc1c(-c2cnsn2)ccc[n+]1C.[I-]. The van der Waals surface area contributed by atoms with E-state index in [0.29, 0.717) is 0 Å². The van der Waals surface area contributed by atoms with E-state index in [-0.39, 0.29) is 24.0 Å². The fraction of sp³-hybridized carbons (Fsp3) is 0.222. The van der Waals surface area contributed by atoms with E-state index in [9.17, 15) is 0 Å². The molecule has 0 bridgehead atoms. The predicted octanol–water partition coefficient (Wildman–Crippen LogP) is -1.66. The summed E-state index contributed by atoms with van der Waals surface area (Å²) in [5, 5.41) is 0. The van der Waals surface area contributed by atoms with Crippen molar-refractivity contribution in [1.82, 2.24) is 8.75 Å². The molecule has 0 aliphatic carbocycles. The smallest absolute Gasteiger partial charge is 0.187 e. The molecule has 0 fully saturated rings. The van der Waals surface area contributed by atoms with Gasteiger partial charge in [0.05, 0.1) is 23.5 Å². The van der Waals surface area contributed by atoms with Crippen LogP contribution in [0.25, 0.3) is 11.3 Å². The summed E-state index contributed by atoms with van der Waals surface area (Å²) in [6.45, 7) is 2.08. The zero-order valence-corrected chi connectivity index (χ0v) is 10.9. The van der Waals surface area contributed by atoms with Gasteiger partial charge in [-0.05, 0) is 6.07 Å². The van der Waals surface area contributed by atoms with E-state index in [1.807, 2.05) is 19.3 Å². The van der Waals surface area contributed by atoms with Crippen LogP contribution in [0.15, 0.2) is 24.5 Å². The molecular weight excluding hydrogens is 309 g/mol. The molecule has 5 heteroatoms. The summed E-state index contributed by atoms with van der Waals surface area (Å²) in [6.07, 6.45) is 3.83. The van der Waals surface area contributed by atoms with Crippen LogP contribution in [0, 0.1) is 6.92 Å². The first-order valence-electron chi connectivity index (χ1n) is 4.02. The molecule has 0 N–H and O–H groups in total. The molecule has 0 spiro atoms. The second-order valence-corrected chi connectivity index (χ2v) is 3.47. The van der Waals surface area contributed by atoms with Crippen molar-refractivity contribution >= 4 is 11.7 Å². The van der Waals surface area contributed by atoms with Crippen molar-refractivity contribution in [2.24, 2.45) is 7.05 Å². The van der Waals surface area contributed by atoms with Gasteiger partial charge in [0.2, 0.25) is 0 Å². The fourth-order valence-electron chi connectivity index (χ4n) is 1.24. The van der Waals surface area contributed by atoms with Crippen LogP contribution in [-0.4, -0.2) is 8.75 Å². The Morgan fingerprint density at radius 2 is 2.21 bits per heavy atom. The molecule has 2 aromatic rings. The lowest BCUT2D eigenvalue weighted by atomic mass is 10.1. The third-order valence-electron chi connectivity index (χ3n) is 2.13. The summed E-state index contributed by atoms with van der Waals surface area (Å²) < 4.78 is 10.3. The number of pyridine rings is 1. The van der Waals surface area contributed by atoms with Gasteiger partial charge < -0.3 is 24.0 Å². The van der Waals surface area contributed by atoms with Gasteiger partial charge >= 0.3 is 0 Å². The first-order valence-corrected chi connectivity index (χ1v) is 4.75. The highest BCUT2D eigenvalue weighted by Gasteiger charge is 2.10. The third-order valence-corrected chi connectivity index (χ3v) is 2.61. The van der Waals surface area contributed by atoms with Gasteiger partial charge in [-0.3, -0.25) is 0 Å². The first-order chi connectivity index (χ1) is 6.29. The van der Waals surface area contributed by atoms with E-state index in [1.54, 1.807) is 6.20 Å². The highest BCUT2D eigenvalue weighted by Crippen LogP contribution is 2.17. The standard InChI is InChI=1S/C9H10N3S.HI/c1-7-8(4-3-5-12(7)2)9-6-10-13-11-9;/h3-6H,1-2H3;1H/q+1;/p-1. The summed E-state index contributed by atoms with van der Waals surface area (Å²) >= 11 is 1.24. The van der Waals surface area contributed by atoms with Gasteiger partial charge in [-0.15, -0.1) is 0 Å². The molecule has 0 radical (unpaired) electrons. The summed E-state index contributed by atoms with van der Waals surface area (Å²) in [5.74, 6) is 0. The monoisotopic (exact) mass is 319 g/mol. The number of hydrogen-bond acceptors (Lipinski definition) is 3. The van der Waals surface area contributed by atoms with Crippen LogP contribution in [0.5, 0.6) is 0 Å². The molecule has 3 nitrogen and oxygen atoms in total. The molecule has 2 heterocycles. The minimum atomic E-state index is 0. The number of hydrogen-bond donors (Lipinski definition) is 0. The van der Waals surface area contributed by atoms with E-state index in [4.69, 9.17) is 0 Å². The van der Waals surface area contributed by atoms with Crippen molar-refractivity contribution in [2.75, 3.05) is 0 Å². The van der Waals surface area contributed by atoms with Crippen LogP contribution in [0.2, 0.25) is 0 Å². The molecule has 0 aromatic carbocycles. The van der Waals surface area contributed by atoms with Crippen molar-refractivity contribution < 1.29 is 28.5 Å². The van der Waals surface area contributed by atoms with Crippen LogP contribution < -0.4 is 28.5 Å². The maximum atomic E-state index is 4.21. The predicted molar refractivity (Wildman–Crippen MR) is 51.3 cm³/mol. The van der Waals surface area contributed by atoms with Crippen LogP contribution >= 0.6 is 11.7 Å². The molecular formula is C9H10IN3S. The Labute approximate surface area is 104 Å². The third kappa shape index (κ3) is 2.09. The average Bonchev–Trinajstić information content (AvgIpc) is 2.62. The lowest BCUT2D eigenvalue weighted by molar-refractivity contribution is -0.677. The Hall–Kier alpha value is -0.560. The summed E-state index contributed by atoms with van der Waals surface area (Å²) in [6, 6.07) is 4.08. The number of nitrogens with zero attached hydrogens (tertiary/aromatic N) is 3. The van der Waals surface area contributed by atoms with E-state index in [0.717, 1.165) is 11.3 Å². The minimum absolute atomic E-state index is 0. The topological polar surface area (TPSA) is 29.7 Å². The van der Waals surface area contributed by atoms with E-state index < -0.39 is 0 Å². The van der Waals surface area contributed by atoms with E-state index in [1.165, 1.54) is 17.4 Å². The number of aryl methyl sites for hydroxylation is 1. The van der Waals surface area contributed by atoms with Crippen molar-refractivity contribution in [1.29, 1.82) is 0 Å². The van der Waals surface area contributed by atoms with Gasteiger partial charge in [-0.1, -0.05) is 0 Å². The molecule has 0 amide bonds. The molecule has 74 valence electrons. The van der Waals surface area contributed by atoms with Crippen molar-refractivity contribution in [3.63, 3.8) is 0 Å². The van der Waals surface area contributed by atoms with Gasteiger partial charge in [-0.2, -0.15) is 8.75 Å². The molecule has 2 rings (SSSR count). The number of halogens is 1. The Morgan fingerprint density at radius 3 is 2.86 bits per heavy atom. The van der Waals surface area contributed by atoms with Gasteiger partial charge in [-0.25, -0.2) is 4.57 Å². The molecule has 0 aliphatic heterocycles. The second kappa shape index (κ2) is 4.79. The van der Waals surface area contributed by atoms with Crippen LogP contribution in [0.3, 0.4) is 0 Å². The van der Waals surface area contributed by atoms with Crippen LogP contribution in [0.1, 0.15) is 5.69 Å². The van der Waals surface area contributed by atoms with E-state index >= 15 is 0 Å². The number of rotatable bonds is 1. The Morgan fingerprint density at radius 1 is 1.43 bits per heavy atom. The zero-order valence-electron chi connectivity index (χ0n) is 7.94. The minimum Gasteiger partial charge on any atom is -1.00 e. The highest BCUT2D eigenvalue weighted by atomic mass is 127. The Balaban J connectivity index is 0.000000980. The molecule has 0 aliphatic rings. The van der Waals surface area contributed by atoms with Gasteiger partial charge in [0.15, 0.2) is 11.9 Å². The van der Waals surface area contributed by atoms with Gasteiger partial charge in [0.25, 0.3) is 0 Å². The molecule has 0 unspecified atom stereocenters. The zero-order chi connectivity index (χ0) is 9.26. The lowest BCUT2D eigenvalue weighted by Gasteiger charge is -1.98. The van der Waals surface area contributed by atoms with Crippen molar-refractivity contribution in [2.45, 2.75) is 6.92 Å². The quantitative estimate of drug-likeness (QED) is 0.465. The normalized spacial score (nSPS) is 9.57. The largest absolute Gasteiger partial charge is 1.00 e. The van der Waals surface area contributed by atoms with Crippen molar-refractivity contribution in [3.05, 3.63) is 30.2 Å².